The van der Waals surface area contributed by atoms with Crippen LogP contribution in [0.4, 0.5) is 14.5 Å². The second-order valence-electron chi connectivity index (χ2n) is 3.22. The largest absolute Gasteiger partial charge is 0.308 e. The van der Waals surface area contributed by atoms with Crippen molar-refractivity contribution in [3.8, 4) is 0 Å². The highest BCUT2D eigenvalue weighted by Gasteiger charge is 2.22. The molecular weight excluding hydrogens is 220 g/mol. The summed E-state index contributed by atoms with van der Waals surface area (Å²) in [7, 11) is 0. The van der Waals surface area contributed by atoms with E-state index in [4.69, 9.17) is 0 Å². The molecule has 0 radical (unpaired) electrons. The van der Waals surface area contributed by atoms with Gasteiger partial charge in [0.05, 0.1) is 4.92 Å². The Bertz CT molecular complexity index is 446. The van der Waals surface area contributed by atoms with E-state index < -0.39 is 22.2 Å². The Kier molecular flexibility index (Phi) is 3.65. The zero-order valence-electron chi connectivity index (χ0n) is 8.50. The molecule has 1 aromatic carbocycles. The quantitative estimate of drug-likeness (QED) is 0.588. The maximum absolute atomic E-state index is 13.1. The molecule has 86 valence electrons. The number of nitro groups is 1. The number of ketones is 1. The summed E-state index contributed by atoms with van der Waals surface area (Å²) in [6.07, 6.45) is -0.170. The Balaban J connectivity index is 3.24. The predicted molar refractivity (Wildman–Crippen MR) is 52.0 cm³/mol. The minimum Gasteiger partial charge on any atom is -0.299 e. The van der Waals surface area contributed by atoms with Crippen LogP contribution >= 0.6 is 0 Å². The Morgan fingerprint density at radius 1 is 1.44 bits per heavy atom. The van der Waals surface area contributed by atoms with Gasteiger partial charge >= 0.3 is 5.69 Å². The molecule has 0 atom stereocenters. The fourth-order valence-electron chi connectivity index (χ4n) is 1.30. The number of nitrogens with zero attached hydrogens (tertiary/aromatic N) is 1. The van der Waals surface area contributed by atoms with Gasteiger partial charge in [-0.25, -0.2) is 4.39 Å². The normalized spacial score (nSPS) is 10.2. The first-order chi connectivity index (χ1) is 7.45. The van der Waals surface area contributed by atoms with Crippen molar-refractivity contribution in [1.29, 1.82) is 0 Å². The van der Waals surface area contributed by atoms with E-state index >= 15 is 0 Å². The molecule has 16 heavy (non-hydrogen) atoms. The highest BCUT2D eigenvalue weighted by atomic mass is 19.1. The Labute approximate surface area is 90.0 Å². The van der Waals surface area contributed by atoms with Crippen LogP contribution in [-0.2, 0) is 11.2 Å². The van der Waals surface area contributed by atoms with Crippen LogP contribution in [0, 0.1) is 21.7 Å². The fourth-order valence-corrected chi connectivity index (χ4v) is 1.30. The van der Waals surface area contributed by atoms with Gasteiger partial charge in [-0.05, 0) is 6.07 Å². The molecule has 0 N–H and O–H groups in total. The number of hydrogen-bond donors (Lipinski definition) is 0. The maximum atomic E-state index is 13.1. The number of carbonyl (C=O) groups is 1. The van der Waals surface area contributed by atoms with E-state index in [1.54, 1.807) is 6.92 Å². The van der Waals surface area contributed by atoms with Crippen molar-refractivity contribution >= 4 is 11.5 Å². The van der Waals surface area contributed by atoms with Gasteiger partial charge in [0.25, 0.3) is 0 Å². The van der Waals surface area contributed by atoms with E-state index in [2.05, 4.69) is 0 Å². The van der Waals surface area contributed by atoms with E-state index in [-0.39, 0.29) is 24.2 Å². The lowest BCUT2D eigenvalue weighted by Gasteiger charge is -2.02. The summed E-state index contributed by atoms with van der Waals surface area (Å²) in [6.45, 7) is 1.57. The summed E-state index contributed by atoms with van der Waals surface area (Å²) >= 11 is 0. The number of Topliss-reactive ketones (excluding diaryl/α,β-unsaturated/α-hetero) is 1. The van der Waals surface area contributed by atoms with Gasteiger partial charge in [-0.1, -0.05) is 6.92 Å². The van der Waals surface area contributed by atoms with Gasteiger partial charge in [0.2, 0.25) is 5.82 Å². The number of benzene rings is 1. The van der Waals surface area contributed by atoms with E-state index in [9.17, 15) is 23.7 Å². The van der Waals surface area contributed by atoms with E-state index in [0.29, 0.717) is 6.07 Å². The molecule has 0 bridgehead atoms. The number of rotatable bonds is 4. The van der Waals surface area contributed by atoms with Crippen LogP contribution in [0.25, 0.3) is 0 Å². The summed E-state index contributed by atoms with van der Waals surface area (Å²) in [6, 6.07) is 1.24. The van der Waals surface area contributed by atoms with E-state index in [1.807, 2.05) is 0 Å². The molecule has 0 saturated carbocycles. The topological polar surface area (TPSA) is 60.2 Å². The van der Waals surface area contributed by atoms with Crippen LogP contribution in [0.5, 0.6) is 0 Å². The van der Waals surface area contributed by atoms with Gasteiger partial charge < -0.3 is 0 Å². The van der Waals surface area contributed by atoms with E-state index in [1.165, 1.54) is 0 Å². The van der Waals surface area contributed by atoms with Gasteiger partial charge in [-0.15, -0.1) is 0 Å². The molecule has 0 spiro atoms. The van der Waals surface area contributed by atoms with Gasteiger partial charge in [-0.3, -0.25) is 14.9 Å². The van der Waals surface area contributed by atoms with Crippen molar-refractivity contribution in [1.82, 2.24) is 0 Å². The molecule has 0 aliphatic rings. The average molecular weight is 229 g/mol. The maximum Gasteiger partial charge on any atom is 0.308 e. The fraction of sp³-hybridized carbons (Fsp3) is 0.300. The molecule has 0 aromatic heterocycles. The molecule has 4 nitrogen and oxygen atoms in total. The summed E-state index contributed by atoms with van der Waals surface area (Å²) in [5.74, 6) is -2.50. The first-order valence-corrected chi connectivity index (χ1v) is 4.59. The molecule has 6 heteroatoms. The Morgan fingerprint density at radius 2 is 2.06 bits per heavy atom. The summed E-state index contributed by atoms with van der Waals surface area (Å²) in [5, 5.41) is 10.6. The molecule has 1 rings (SSSR count). The van der Waals surface area contributed by atoms with Gasteiger partial charge in [0, 0.05) is 24.5 Å². The first-order valence-electron chi connectivity index (χ1n) is 4.59. The van der Waals surface area contributed by atoms with Crippen LogP contribution in [-0.4, -0.2) is 10.7 Å². The predicted octanol–water partition coefficient (Wildman–Crippen LogP) is 2.39. The third kappa shape index (κ3) is 2.59. The number of hydrogen-bond acceptors (Lipinski definition) is 3. The molecular formula is C10H9F2NO3. The number of halogens is 2. The summed E-state index contributed by atoms with van der Waals surface area (Å²) < 4.78 is 26.0. The average Bonchev–Trinajstić information content (AvgIpc) is 2.15. The van der Waals surface area contributed by atoms with Gasteiger partial charge in [0.15, 0.2) is 0 Å². The van der Waals surface area contributed by atoms with Crippen LogP contribution in [0.2, 0.25) is 0 Å². The van der Waals surface area contributed by atoms with Crippen LogP contribution in [0.1, 0.15) is 18.9 Å². The Morgan fingerprint density at radius 3 is 2.56 bits per heavy atom. The minimum atomic E-state index is -1.26. The zero-order valence-corrected chi connectivity index (χ0v) is 8.50. The zero-order chi connectivity index (χ0) is 12.3. The molecule has 0 heterocycles. The van der Waals surface area contributed by atoms with Gasteiger partial charge in [-0.2, -0.15) is 4.39 Å². The smallest absolute Gasteiger partial charge is 0.299 e. The second-order valence-corrected chi connectivity index (χ2v) is 3.22. The number of carbonyl (C=O) groups excluding carboxylic acids is 1. The van der Waals surface area contributed by atoms with Crippen LogP contribution in [0.15, 0.2) is 12.1 Å². The molecule has 0 amide bonds. The van der Waals surface area contributed by atoms with Crippen LogP contribution < -0.4 is 0 Å². The Hall–Kier alpha value is -1.85. The summed E-state index contributed by atoms with van der Waals surface area (Å²) in [5.41, 5.74) is -1.06. The van der Waals surface area contributed by atoms with Crippen LogP contribution in [0.3, 0.4) is 0 Å². The lowest BCUT2D eigenvalue weighted by Crippen LogP contribution is -2.06. The molecule has 0 unspecified atom stereocenters. The van der Waals surface area contributed by atoms with Crippen molar-refractivity contribution in [3.05, 3.63) is 39.4 Å². The molecule has 0 fully saturated rings. The highest BCUT2D eigenvalue weighted by molar-refractivity contribution is 5.81. The molecule has 0 aliphatic heterocycles. The van der Waals surface area contributed by atoms with Crippen molar-refractivity contribution in [2.45, 2.75) is 19.8 Å². The van der Waals surface area contributed by atoms with Crippen molar-refractivity contribution in [3.63, 3.8) is 0 Å². The van der Waals surface area contributed by atoms with E-state index in [0.717, 1.165) is 6.07 Å². The number of nitro benzene ring substituents is 1. The van der Waals surface area contributed by atoms with Gasteiger partial charge in [0.1, 0.15) is 11.6 Å². The molecule has 1 aromatic rings. The standard InChI is InChI=1S/C10H9F2NO3/c1-2-8(14)4-6-3-7(11)5-9(12)10(6)13(15)16/h3,5H,2,4H2,1H3. The first kappa shape index (κ1) is 12.2. The van der Waals surface area contributed by atoms with Crippen molar-refractivity contribution < 1.29 is 18.5 Å². The second kappa shape index (κ2) is 4.78. The highest BCUT2D eigenvalue weighted by Crippen LogP contribution is 2.24. The summed E-state index contributed by atoms with van der Waals surface area (Å²) in [4.78, 5) is 20.7. The van der Waals surface area contributed by atoms with Crippen molar-refractivity contribution in [2.75, 3.05) is 0 Å². The lowest BCUT2D eigenvalue weighted by atomic mass is 10.1. The third-order valence-corrected chi connectivity index (χ3v) is 2.07. The third-order valence-electron chi connectivity index (χ3n) is 2.07. The SMILES string of the molecule is CCC(=O)Cc1cc(F)cc(F)c1[N+](=O)[O-]. The van der Waals surface area contributed by atoms with Crippen molar-refractivity contribution in [2.24, 2.45) is 0 Å². The minimum absolute atomic E-state index is 0.162. The monoisotopic (exact) mass is 229 g/mol. The molecule has 0 aliphatic carbocycles. The molecule has 0 saturated heterocycles. The lowest BCUT2D eigenvalue weighted by molar-refractivity contribution is -0.388.